The zero-order valence-electron chi connectivity index (χ0n) is 16.3. The van der Waals surface area contributed by atoms with Gasteiger partial charge in [0, 0.05) is 26.0 Å². The third-order valence-electron chi connectivity index (χ3n) is 4.54. The maximum absolute atomic E-state index is 12.7. The minimum atomic E-state index is -0.134. The van der Waals surface area contributed by atoms with E-state index in [0.717, 1.165) is 16.7 Å². The van der Waals surface area contributed by atoms with Gasteiger partial charge in [-0.15, -0.1) is 0 Å². The molecule has 0 unspecified atom stereocenters. The lowest BCUT2D eigenvalue weighted by Gasteiger charge is -2.33. The SMILES string of the molecule is CN(Cc1cnc2ccccc2n1)C(=O)N[C@H](Cn1ccnc1)C(C)(C)C. The summed E-state index contributed by atoms with van der Waals surface area (Å²) >= 11 is 0. The van der Waals surface area contributed by atoms with Gasteiger partial charge >= 0.3 is 6.03 Å². The Labute approximate surface area is 159 Å². The molecule has 27 heavy (non-hydrogen) atoms. The minimum Gasteiger partial charge on any atom is -0.335 e. The van der Waals surface area contributed by atoms with Gasteiger partial charge in [-0.1, -0.05) is 32.9 Å². The molecule has 0 aliphatic rings. The number of fused-ring (bicyclic) bond motifs is 1. The molecule has 3 aromatic rings. The fourth-order valence-electron chi connectivity index (χ4n) is 2.79. The molecule has 1 aromatic carbocycles. The van der Waals surface area contributed by atoms with Crippen molar-refractivity contribution in [3.63, 3.8) is 0 Å². The average molecular weight is 366 g/mol. The molecule has 0 fully saturated rings. The quantitative estimate of drug-likeness (QED) is 0.753. The van der Waals surface area contributed by atoms with Crippen LogP contribution in [0.5, 0.6) is 0 Å². The molecule has 1 N–H and O–H groups in total. The molecular weight excluding hydrogens is 340 g/mol. The Bertz CT molecular complexity index is 900. The number of benzene rings is 1. The number of amides is 2. The number of urea groups is 1. The largest absolute Gasteiger partial charge is 0.335 e. The van der Waals surface area contributed by atoms with Crippen molar-refractivity contribution < 1.29 is 4.79 Å². The van der Waals surface area contributed by atoms with Crippen molar-refractivity contribution >= 4 is 17.1 Å². The Morgan fingerprint density at radius 1 is 1.26 bits per heavy atom. The molecule has 0 bridgehead atoms. The van der Waals surface area contributed by atoms with Crippen molar-refractivity contribution in [3.05, 3.63) is 54.9 Å². The van der Waals surface area contributed by atoms with Crippen LogP contribution in [0.3, 0.4) is 0 Å². The molecule has 0 saturated heterocycles. The van der Waals surface area contributed by atoms with E-state index in [4.69, 9.17) is 0 Å². The van der Waals surface area contributed by atoms with Gasteiger partial charge in [0.25, 0.3) is 0 Å². The van der Waals surface area contributed by atoms with E-state index >= 15 is 0 Å². The van der Waals surface area contributed by atoms with Crippen LogP contribution in [0.25, 0.3) is 11.0 Å². The van der Waals surface area contributed by atoms with Crippen LogP contribution in [-0.2, 0) is 13.1 Å². The molecule has 0 aliphatic heterocycles. The molecule has 142 valence electrons. The smallest absolute Gasteiger partial charge is 0.317 e. The molecule has 3 rings (SSSR count). The second-order valence-electron chi connectivity index (χ2n) is 7.83. The van der Waals surface area contributed by atoms with E-state index in [1.54, 1.807) is 30.7 Å². The maximum Gasteiger partial charge on any atom is 0.317 e. The van der Waals surface area contributed by atoms with E-state index in [2.05, 4.69) is 41.0 Å². The second-order valence-corrected chi connectivity index (χ2v) is 7.83. The number of aromatic nitrogens is 4. The highest BCUT2D eigenvalue weighted by Crippen LogP contribution is 2.21. The molecule has 2 aromatic heterocycles. The zero-order valence-corrected chi connectivity index (χ0v) is 16.3. The maximum atomic E-state index is 12.7. The Morgan fingerprint density at radius 3 is 2.67 bits per heavy atom. The molecule has 2 heterocycles. The first-order valence-electron chi connectivity index (χ1n) is 9.01. The van der Waals surface area contributed by atoms with Gasteiger partial charge in [0.2, 0.25) is 0 Å². The summed E-state index contributed by atoms with van der Waals surface area (Å²) in [6, 6.07) is 7.54. The lowest BCUT2D eigenvalue weighted by atomic mass is 9.86. The van der Waals surface area contributed by atoms with Gasteiger partial charge in [-0.05, 0) is 17.5 Å². The van der Waals surface area contributed by atoms with Crippen LogP contribution in [0.15, 0.2) is 49.2 Å². The molecule has 2 amide bonds. The molecule has 0 radical (unpaired) electrons. The van der Waals surface area contributed by atoms with Crippen LogP contribution in [-0.4, -0.2) is 43.5 Å². The Morgan fingerprint density at radius 2 is 2.00 bits per heavy atom. The standard InChI is InChI=1S/C20H26N6O/c1-20(2,3)18(13-26-10-9-21-14-26)24-19(27)25(4)12-15-11-22-16-7-5-6-8-17(16)23-15/h5-11,14,18H,12-13H2,1-4H3,(H,24,27)/t18-/m1/s1. The van der Waals surface area contributed by atoms with Crippen molar-refractivity contribution in [1.82, 2.24) is 29.7 Å². The number of hydrogen-bond donors (Lipinski definition) is 1. The number of carbonyl (C=O) groups is 1. The summed E-state index contributed by atoms with van der Waals surface area (Å²) in [6.07, 6.45) is 7.13. The third kappa shape index (κ3) is 4.81. The molecule has 7 nitrogen and oxygen atoms in total. The number of imidazole rings is 1. The Kier molecular flexibility index (Phi) is 5.39. The van der Waals surface area contributed by atoms with Gasteiger partial charge in [-0.3, -0.25) is 4.98 Å². The molecule has 0 aliphatic carbocycles. The van der Waals surface area contributed by atoms with Crippen LogP contribution in [0, 0.1) is 5.41 Å². The second kappa shape index (κ2) is 7.73. The lowest BCUT2D eigenvalue weighted by Crippen LogP contribution is -2.50. The van der Waals surface area contributed by atoms with Gasteiger partial charge in [0.15, 0.2) is 0 Å². The molecule has 1 atom stereocenters. The third-order valence-corrected chi connectivity index (χ3v) is 4.54. The zero-order chi connectivity index (χ0) is 19.4. The van der Waals surface area contributed by atoms with Crippen molar-refractivity contribution in [1.29, 1.82) is 0 Å². The summed E-state index contributed by atoms with van der Waals surface area (Å²) in [5.41, 5.74) is 2.34. The van der Waals surface area contributed by atoms with Crippen LogP contribution in [0.4, 0.5) is 4.79 Å². The van der Waals surface area contributed by atoms with Crippen molar-refractivity contribution in [3.8, 4) is 0 Å². The summed E-state index contributed by atoms with van der Waals surface area (Å²) in [6.45, 7) is 7.40. The van der Waals surface area contributed by atoms with E-state index < -0.39 is 0 Å². The van der Waals surface area contributed by atoms with Gasteiger partial charge < -0.3 is 14.8 Å². The first-order valence-corrected chi connectivity index (χ1v) is 9.01. The highest BCUT2D eigenvalue weighted by atomic mass is 16.2. The van der Waals surface area contributed by atoms with Crippen LogP contribution >= 0.6 is 0 Å². The van der Waals surface area contributed by atoms with E-state index in [1.807, 2.05) is 35.0 Å². The average Bonchev–Trinajstić information content (AvgIpc) is 3.13. The summed E-state index contributed by atoms with van der Waals surface area (Å²) in [5.74, 6) is 0. The Balaban J connectivity index is 1.67. The topological polar surface area (TPSA) is 75.9 Å². The summed E-state index contributed by atoms with van der Waals surface area (Å²) < 4.78 is 1.98. The summed E-state index contributed by atoms with van der Waals surface area (Å²) in [7, 11) is 1.77. The fourth-order valence-corrected chi connectivity index (χ4v) is 2.79. The van der Waals surface area contributed by atoms with Crippen molar-refractivity contribution in [2.75, 3.05) is 7.05 Å². The number of rotatable bonds is 5. The van der Waals surface area contributed by atoms with Crippen molar-refractivity contribution in [2.24, 2.45) is 5.41 Å². The number of nitrogens with zero attached hydrogens (tertiary/aromatic N) is 5. The summed E-state index contributed by atoms with van der Waals surface area (Å²) in [4.78, 5) is 27.4. The fraction of sp³-hybridized carbons (Fsp3) is 0.400. The van der Waals surface area contributed by atoms with E-state index in [1.165, 1.54) is 0 Å². The number of nitrogens with one attached hydrogen (secondary N) is 1. The monoisotopic (exact) mass is 366 g/mol. The lowest BCUT2D eigenvalue weighted by molar-refractivity contribution is 0.180. The molecule has 0 saturated carbocycles. The van der Waals surface area contributed by atoms with Crippen LogP contribution in [0.2, 0.25) is 0 Å². The first kappa shape index (κ1) is 18.8. The number of para-hydroxylation sites is 2. The molecular formula is C20H26N6O. The molecule has 0 spiro atoms. The predicted octanol–water partition coefficient (Wildman–Crippen LogP) is 3.08. The Hall–Kier alpha value is -2.96. The van der Waals surface area contributed by atoms with E-state index in [-0.39, 0.29) is 17.5 Å². The van der Waals surface area contributed by atoms with Crippen molar-refractivity contribution in [2.45, 2.75) is 39.9 Å². The number of hydrogen-bond acceptors (Lipinski definition) is 4. The van der Waals surface area contributed by atoms with Crippen LogP contribution < -0.4 is 5.32 Å². The van der Waals surface area contributed by atoms with Crippen LogP contribution in [0.1, 0.15) is 26.5 Å². The van der Waals surface area contributed by atoms with E-state index in [0.29, 0.717) is 13.1 Å². The highest BCUT2D eigenvalue weighted by molar-refractivity contribution is 5.75. The molecule has 7 heteroatoms. The highest BCUT2D eigenvalue weighted by Gasteiger charge is 2.27. The first-order chi connectivity index (χ1) is 12.8. The predicted molar refractivity (Wildman–Crippen MR) is 105 cm³/mol. The van der Waals surface area contributed by atoms with Gasteiger partial charge in [0.05, 0.1) is 41.8 Å². The normalized spacial score (nSPS) is 12.7. The number of carbonyl (C=O) groups excluding carboxylic acids is 1. The summed E-state index contributed by atoms with van der Waals surface area (Å²) in [5, 5.41) is 3.14. The minimum absolute atomic E-state index is 0.0377. The van der Waals surface area contributed by atoms with Gasteiger partial charge in [0.1, 0.15) is 0 Å². The van der Waals surface area contributed by atoms with Gasteiger partial charge in [-0.25, -0.2) is 14.8 Å². The van der Waals surface area contributed by atoms with E-state index in [9.17, 15) is 4.79 Å². The van der Waals surface area contributed by atoms with Gasteiger partial charge in [-0.2, -0.15) is 0 Å².